The molecule has 0 aromatic heterocycles. The van der Waals surface area contributed by atoms with E-state index in [0.29, 0.717) is 31.6 Å². The van der Waals surface area contributed by atoms with Crippen molar-refractivity contribution in [2.45, 2.75) is 19.0 Å². The molecule has 23 heavy (non-hydrogen) atoms. The number of aliphatic carboxylic acids is 1. The third-order valence-corrected chi connectivity index (χ3v) is 4.05. The third kappa shape index (κ3) is 3.38. The second-order valence-electron chi connectivity index (χ2n) is 5.35. The summed E-state index contributed by atoms with van der Waals surface area (Å²) in [4.78, 5) is 16.4. The molecule has 1 fully saturated rings. The van der Waals surface area contributed by atoms with Gasteiger partial charge in [-0.3, -0.25) is 9.79 Å². The predicted octanol–water partition coefficient (Wildman–Crippen LogP) is 3.98. The fourth-order valence-corrected chi connectivity index (χ4v) is 2.84. The molecule has 0 atom stereocenters. The van der Waals surface area contributed by atoms with E-state index in [1.807, 2.05) is 4.90 Å². The average molecular weight is 326 g/mol. The lowest BCUT2D eigenvalue weighted by Crippen LogP contribution is -2.36. The fraction of sp³-hybridized carbons (Fsp3) is 0.375. The van der Waals surface area contributed by atoms with Gasteiger partial charge in [0.1, 0.15) is 0 Å². The lowest BCUT2D eigenvalue weighted by atomic mass is 9.95. The van der Waals surface area contributed by atoms with Gasteiger partial charge in [0.05, 0.1) is 17.2 Å². The molecule has 2 rings (SSSR count). The first-order valence-electron chi connectivity index (χ1n) is 7.10. The number of rotatable bonds is 4. The topological polar surface area (TPSA) is 52.9 Å². The highest BCUT2D eigenvalue weighted by molar-refractivity contribution is 5.80. The summed E-state index contributed by atoms with van der Waals surface area (Å²) in [6.45, 7) is 7.74. The largest absolute Gasteiger partial charge is 0.481 e. The summed E-state index contributed by atoms with van der Waals surface area (Å²) < 4.78 is 39.2. The normalized spacial score (nSPS) is 16.2. The van der Waals surface area contributed by atoms with Crippen molar-refractivity contribution in [3.63, 3.8) is 0 Å². The number of alkyl halides is 3. The van der Waals surface area contributed by atoms with Gasteiger partial charge in [-0.1, -0.05) is 12.7 Å². The lowest BCUT2D eigenvalue weighted by Gasteiger charge is -2.33. The van der Waals surface area contributed by atoms with Crippen molar-refractivity contribution in [2.24, 2.45) is 10.9 Å². The molecular formula is C16H17F3N2O2. The van der Waals surface area contributed by atoms with Crippen LogP contribution in [0, 0.1) is 5.92 Å². The minimum absolute atomic E-state index is 0.245. The first-order chi connectivity index (χ1) is 10.8. The van der Waals surface area contributed by atoms with E-state index in [-0.39, 0.29) is 11.3 Å². The monoisotopic (exact) mass is 326 g/mol. The van der Waals surface area contributed by atoms with Crippen molar-refractivity contribution < 1.29 is 23.1 Å². The molecule has 1 heterocycles. The van der Waals surface area contributed by atoms with E-state index < -0.39 is 23.6 Å². The zero-order valence-electron chi connectivity index (χ0n) is 12.4. The van der Waals surface area contributed by atoms with Crippen LogP contribution in [0.3, 0.4) is 0 Å². The van der Waals surface area contributed by atoms with Crippen LogP contribution >= 0.6 is 0 Å². The van der Waals surface area contributed by atoms with Gasteiger partial charge in [0.15, 0.2) is 0 Å². The van der Waals surface area contributed by atoms with E-state index in [1.54, 1.807) is 0 Å². The summed E-state index contributed by atoms with van der Waals surface area (Å²) in [6.07, 6.45) is -2.30. The van der Waals surface area contributed by atoms with E-state index in [0.717, 1.165) is 6.07 Å². The highest BCUT2D eigenvalue weighted by Crippen LogP contribution is 2.42. The molecule has 1 N–H and O–H groups in total. The molecule has 1 aliphatic rings. The van der Waals surface area contributed by atoms with Crippen LogP contribution in [0.2, 0.25) is 0 Å². The van der Waals surface area contributed by atoms with E-state index in [2.05, 4.69) is 18.3 Å². The van der Waals surface area contributed by atoms with Crippen molar-refractivity contribution >= 4 is 30.1 Å². The van der Waals surface area contributed by atoms with E-state index in [1.165, 1.54) is 12.1 Å². The maximum atomic E-state index is 13.1. The van der Waals surface area contributed by atoms with Crippen LogP contribution in [0.5, 0.6) is 0 Å². The quantitative estimate of drug-likeness (QED) is 0.852. The molecule has 0 radical (unpaired) electrons. The van der Waals surface area contributed by atoms with Crippen LogP contribution in [-0.2, 0) is 11.0 Å². The summed E-state index contributed by atoms with van der Waals surface area (Å²) in [5, 5.41) is 9.02. The lowest BCUT2D eigenvalue weighted by molar-refractivity contribution is -0.142. The van der Waals surface area contributed by atoms with Crippen molar-refractivity contribution in [2.75, 3.05) is 18.0 Å². The molecule has 0 bridgehead atoms. The Morgan fingerprint density at radius 2 is 1.96 bits per heavy atom. The number of benzene rings is 1. The van der Waals surface area contributed by atoms with Gasteiger partial charge in [-0.2, -0.15) is 13.2 Å². The average Bonchev–Trinajstić information content (AvgIpc) is 2.52. The van der Waals surface area contributed by atoms with Crippen LogP contribution in [0.4, 0.5) is 24.5 Å². The molecule has 1 aromatic carbocycles. The van der Waals surface area contributed by atoms with Crippen LogP contribution in [-0.4, -0.2) is 30.9 Å². The molecule has 1 saturated heterocycles. The Morgan fingerprint density at radius 1 is 1.35 bits per heavy atom. The second-order valence-corrected chi connectivity index (χ2v) is 5.35. The van der Waals surface area contributed by atoms with Crippen LogP contribution in [0.25, 0.3) is 6.08 Å². The fourth-order valence-electron chi connectivity index (χ4n) is 2.84. The molecule has 0 saturated carbocycles. The number of carbonyl (C=O) groups is 1. The van der Waals surface area contributed by atoms with E-state index in [9.17, 15) is 18.0 Å². The summed E-state index contributed by atoms with van der Waals surface area (Å²) in [5.74, 6) is -1.25. The van der Waals surface area contributed by atoms with E-state index in [4.69, 9.17) is 5.11 Å². The van der Waals surface area contributed by atoms with Crippen LogP contribution < -0.4 is 4.90 Å². The Morgan fingerprint density at radius 3 is 2.39 bits per heavy atom. The van der Waals surface area contributed by atoms with Gasteiger partial charge in [-0.05, 0) is 31.7 Å². The molecule has 7 heteroatoms. The van der Waals surface area contributed by atoms with Gasteiger partial charge in [-0.25, -0.2) is 0 Å². The van der Waals surface area contributed by atoms with Gasteiger partial charge < -0.3 is 10.0 Å². The van der Waals surface area contributed by atoms with Gasteiger partial charge in [0.2, 0.25) is 0 Å². The Bertz CT molecular complexity index is 633. The highest BCUT2D eigenvalue weighted by atomic mass is 19.4. The van der Waals surface area contributed by atoms with Gasteiger partial charge in [0, 0.05) is 24.3 Å². The number of carboxylic acids is 1. The Kier molecular flexibility index (Phi) is 4.77. The summed E-state index contributed by atoms with van der Waals surface area (Å²) >= 11 is 0. The van der Waals surface area contributed by atoms with Crippen molar-refractivity contribution in [1.82, 2.24) is 0 Å². The minimum atomic E-state index is -4.52. The number of nitrogens with zero attached hydrogens (tertiary/aromatic N) is 2. The van der Waals surface area contributed by atoms with E-state index >= 15 is 0 Å². The molecule has 4 nitrogen and oxygen atoms in total. The summed E-state index contributed by atoms with van der Waals surface area (Å²) in [7, 11) is 0. The summed E-state index contributed by atoms with van der Waals surface area (Å²) in [5.41, 5.74) is -0.264. The number of carboxylic acid groups (broad SMARTS) is 1. The predicted molar refractivity (Wildman–Crippen MR) is 83.3 cm³/mol. The van der Waals surface area contributed by atoms with Crippen LogP contribution in [0.1, 0.15) is 24.0 Å². The number of hydrogen-bond acceptors (Lipinski definition) is 3. The molecule has 124 valence electrons. The third-order valence-electron chi connectivity index (χ3n) is 4.05. The molecule has 0 aliphatic carbocycles. The van der Waals surface area contributed by atoms with Gasteiger partial charge in [0.25, 0.3) is 0 Å². The zero-order chi connectivity index (χ0) is 17.2. The van der Waals surface area contributed by atoms with Crippen molar-refractivity contribution in [3.8, 4) is 0 Å². The van der Waals surface area contributed by atoms with Crippen molar-refractivity contribution in [1.29, 1.82) is 0 Å². The number of anilines is 1. The maximum Gasteiger partial charge on any atom is 0.418 e. The Balaban J connectivity index is 2.39. The maximum absolute atomic E-state index is 13.1. The highest BCUT2D eigenvalue weighted by Gasteiger charge is 2.35. The molecule has 0 amide bonds. The number of aliphatic imine (C=N–C) groups is 1. The molecule has 0 unspecified atom stereocenters. The molecule has 1 aromatic rings. The summed E-state index contributed by atoms with van der Waals surface area (Å²) in [6, 6.07) is 2.37. The minimum Gasteiger partial charge on any atom is -0.481 e. The zero-order valence-corrected chi connectivity index (χ0v) is 12.4. The van der Waals surface area contributed by atoms with Gasteiger partial charge in [-0.15, -0.1) is 0 Å². The van der Waals surface area contributed by atoms with Crippen molar-refractivity contribution in [3.05, 3.63) is 29.8 Å². The SMILES string of the molecule is C=Cc1c(N2CCC(C(=O)O)CC2)ccc(C(F)(F)F)c1N=C. The number of piperidine rings is 1. The number of hydrogen-bond donors (Lipinski definition) is 1. The standard InChI is InChI=1S/C16H17F3N2O2/c1-3-11-13(21-8-6-10(7-9-21)15(22)23)5-4-12(14(11)20-2)16(17,18)19/h3-5,10H,1-2,6-9H2,(H,22,23). The van der Waals surface area contributed by atoms with Gasteiger partial charge >= 0.3 is 12.1 Å². The second kappa shape index (κ2) is 6.44. The molecule has 0 spiro atoms. The number of halogens is 3. The smallest absolute Gasteiger partial charge is 0.418 e. The Labute approximate surface area is 131 Å². The molecular weight excluding hydrogens is 309 g/mol. The first kappa shape index (κ1) is 17.1. The Hall–Kier alpha value is -2.31. The first-order valence-corrected chi connectivity index (χ1v) is 7.10. The van der Waals surface area contributed by atoms with Crippen LogP contribution in [0.15, 0.2) is 23.7 Å². The molecule has 1 aliphatic heterocycles.